The molecule has 0 spiro atoms. The largest absolute Gasteiger partial charge is 0.444 e. The van der Waals surface area contributed by atoms with Crippen molar-refractivity contribution in [3.8, 4) is 29.0 Å². The summed E-state index contributed by atoms with van der Waals surface area (Å²) in [7, 11) is 0. The molecule has 6 nitrogen and oxygen atoms in total. The van der Waals surface area contributed by atoms with Gasteiger partial charge in [-0.25, -0.2) is 9.97 Å². The molecule has 2 heterocycles. The molecule has 140 valence electrons. The van der Waals surface area contributed by atoms with Crippen molar-refractivity contribution in [2.24, 2.45) is 5.73 Å². The Balaban J connectivity index is 0.000000161. The van der Waals surface area contributed by atoms with Crippen LogP contribution >= 0.6 is 0 Å². The van der Waals surface area contributed by atoms with Gasteiger partial charge in [0.05, 0.1) is 23.9 Å². The monoisotopic (exact) mass is 372 g/mol. The Kier molecular flexibility index (Phi) is 6.72. The quantitative estimate of drug-likeness (QED) is 0.562. The van der Waals surface area contributed by atoms with Crippen LogP contribution in [-0.4, -0.2) is 16.5 Å². The topological polar surface area (TPSA) is 102 Å². The van der Waals surface area contributed by atoms with Gasteiger partial charge in [-0.15, -0.1) is 0 Å². The van der Waals surface area contributed by atoms with E-state index >= 15 is 0 Å². The fourth-order valence-electron chi connectivity index (χ4n) is 2.47. The van der Waals surface area contributed by atoms with Crippen LogP contribution in [0.5, 0.6) is 0 Å². The van der Waals surface area contributed by atoms with E-state index in [9.17, 15) is 0 Å². The Hall–Kier alpha value is -3.69. The van der Waals surface area contributed by atoms with E-state index in [1.54, 1.807) is 6.26 Å². The number of aromatic nitrogens is 2. The molecule has 0 aliphatic carbocycles. The van der Waals surface area contributed by atoms with Gasteiger partial charge in [-0.3, -0.25) is 0 Å². The molecule has 0 aliphatic heterocycles. The van der Waals surface area contributed by atoms with Gasteiger partial charge in [-0.1, -0.05) is 36.4 Å². The third kappa shape index (κ3) is 5.16. The summed E-state index contributed by atoms with van der Waals surface area (Å²) in [6.45, 7) is 0.598. The Labute approximate surface area is 163 Å². The molecule has 0 bridgehead atoms. The molecule has 0 saturated heterocycles. The van der Waals surface area contributed by atoms with Crippen LogP contribution in [0.25, 0.3) is 22.9 Å². The summed E-state index contributed by atoms with van der Waals surface area (Å²) in [5.74, 6) is 1.23. The molecule has 0 radical (unpaired) electrons. The molecule has 0 fully saturated rings. The fraction of sp³-hybridized carbons (Fsp3) is 0.136. The summed E-state index contributed by atoms with van der Waals surface area (Å²) in [5.41, 5.74) is 8.93. The van der Waals surface area contributed by atoms with Crippen LogP contribution in [0.4, 0.5) is 0 Å². The van der Waals surface area contributed by atoms with Gasteiger partial charge in [0.1, 0.15) is 12.5 Å². The molecule has 2 aromatic heterocycles. The Morgan fingerprint density at radius 3 is 1.79 bits per heavy atom. The zero-order chi connectivity index (χ0) is 19.6. The van der Waals surface area contributed by atoms with Gasteiger partial charge in [0, 0.05) is 17.5 Å². The summed E-state index contributed by atoms with van der Waals surface area (Å²) < 4.78 is 10.6. The smallest absolute Gasteiger partial charge is 0.226 e. The molecule has 2 aromatic carbocycles. The van der Waals surface area contributed by atoms with Gasteiger partial charge in [-0.2, -0.15) is 5.26 Å². The van der Waals surface area contributed by atoms with E-state index in [2.05, 4.69) is 9.97 Å². The van der Waals surface area contributed by atoms with Crippen molar-refractivity contribution >= 4 is 0 Å². The second-order valence-electron chi connectivity index (χ2n) is 5.89. The van der Waals surface area contributed by atoms with Crippen molar-refractivity contribution in [3.63, 3.8) is 0 Å². The maximum absolute atomic E-state index is 8.47. The van der Waals surface area contributed by atoms with Gasteiger partial charge in [-0.05, 0) is 30.8 Å². The van der Waals surface area contributed by atoms with E-state index in [4.69, 9.17) is 19.8 Å². The van der Waals surface area contributed by atoms with Gasteiger partial charge < -0.3 is 14.6 Å². The van der Waals surface area contributed by atoms with E-state index in [1.165, 1.54) is 6.26 Å². The highest BCUT2D eigenvalue weighted by Gasteiger charge is 2.05. The maximum Gasteiger partial charge on any atom is 0.226 e. The number of nitriles is 1. The number of nitrogens with zero attached hydrogens (tertiary/aromatic N) is 3. The highest BCUT2D eigenvalue weighted by molar-refractivity contribution is 5.53. The molecule has 4 rings (SSSR count). The summed E-state index contributed by atoms with van der Waals surface area (Å²) >= 11 is 0. The van der Waals surface area contributed by atoms with Gasteiger partial charge in [0.2, 0.25) is 11.8 Å². The first-order chi connectivity index (χ1) is 13.8. The summed E-state index contributed by atoms with van der Waals surface area (Å²) in [4.78, 5) is 8.50. The molecule has 6 heteroatoms. The molecule has 0 atom stereocenters. The number of hydrogen-bond donors (Lipinski definition) is 1. The van der Waals surface area contributed by atoms with E-state index < -0.39 is 0 Å². The first-order valence-corrected chi connectivity index (χ1v) is 8.87. The van der Waals surface area contributed by atoms with Crippen LogP contribution in [0.3, 0.4) is 0 Å². The molecule has 4 aromatic rings. The number of nitrogens with two attached hydrogens (primary N) is 1. The maximum atomic E-state index is 8.47. The van der Waals surface area contributed by atoms with Crippen LogP contribution in [0.15, 0.2) is 82.0 Å². The third-order valence-corrected chi connectivity index (χ3v) is 3.81. The van der Waals surface area contributed by atoms with Crippen LogP contribution in [0.2, 0.25) is 0 Å². The second kappa shape index (κ2) is 9.86. The van der Waals surface area contributed by atoms with Crippen LogP contribution < -0.4 is 5.73 Å². The number of hydrogen-bond acceptors (Lipinski definition) is 6. The third-order valence-electron chi connectivity index (χ3n) is 3.81. The number of benzene rings is 2. The number of oxazole rings is 2. The summed E-state index contributed by atoms with van der Waals surface area (Å²) in [5, 5.41) is 8.47. The lowest BCUT2D eigenvalue weighted by Gasteiger charge is -1.92. The second-order valence-corrected chi connectivity index (χ2v) is 5.89. The summed E-state index contributed by atoms with van der Waals surface area (Å²) in [6, 6.07) is 21.5. The lowest BCUT2D eigenvalue weighted by Crippen LogP contribution is -2.02. The zero-order valence-electron chi connectivity index (χ0n) is 15.3. The van der Waals surface area contributed by atoms with E-state index in [0.29, 0.717) is 24.0 Å². The van der Waals surface area contributed by atoms with Crippen molar-refractivity contribution in [1.29, 1.82) is 5.26 Å². The van der Waals surface area contributed by atoms with Gasteiger partial charge in [0.15, 0.2) is 0 Å². The fourth-order valence-corrected chi connectivity index (χ4v) is 2.47. The average Bonchev–Trinajstić information content (AvgIpc) is 3.41. The minimum Gasteiger partial charge on any atom is -0.444 e. The average molecular weight is 372 g/mol. The Bertz CT molecular complexity index is 1020. The van der Waals surface area contributed by atoms with Crippen LogP contribution in [0.1, 0.15) is 11.4 Å². The highest BCUT2D eigenvalue weighted by atomic mass is 16.3. The molecule has 0 aliphatic rings. The van der Waals surface area contributed by atoms with E-state index in [1.807, 2.05) is 66.7 Å². The molecule has 28 heavy (non-hydrogen) atoms. The van der Waals surface area contributed by atoms with Crippen LogP contribution in [0, 0.1) is 11.3 Å². The van der Waals surface area contributed by atoms with E-state index in [-0.39, 0.29) is 6.42 Å². The minimum absolute atomic E-state index is 0.288. The normalized spacial score (nSPS) is 10.0. The molecular formula is C22H20N4O2. The SMILES string of the molecule is N#CCc1coc(-c2ccccc2)n1.NCCc1coc(-c2ccccc2)n1. The predicted molar refractivity (Wildman–Crippen MR) is 106 cm³/mol. The lowest BCUT2D eigenvalue weighted by atomic mass is 10.2. The van der Waals surface area contributed by atoms with Crippen molar-refractivity contribution < 1.29 is 8.83 Å². The standard InChI is InChI=1S/C11H12N2O.C11H8N2O/c2*12-7-6-10-8-14-11(13-10)9-4-2-1-3-5-9/h1-5,8H,6-7,12H2;1-5,8H,6H2. The van der Waals surface area contributed by atoms with Crippen molar-refractivity contribution in [1.82, 2.24) is 9.97 Å². The molecule has 0 saturated carbocycles. The van der Waals surface area contributed by atoms with E-state index in [0.717, 1.165) is 23.2 Å². The minimum atomic E-state index is 0.288. The van der Waals surface area contributed by atoms with Crippen molar-refractivity contribution in [3.05, 3.63) is 84.6 Å². The van der Waals surface area contributed by atoms with Crippen molar-refractivity contribution in [2.45, 2.75) is 12.8 Å². The van der Waals surface area contributed by atoms with Gasteiger partial charge >= 0.3 is 0 Å². The summed E-state index contributed by atoms with van der Waals surface area (Å²) in [6.07, 6.45) is 4.23. The predicted octanol–water partition coefficient (Wildman–Crippen LogP) is 4.25. The zero-order valence-corrected chi connectivity index (χ0v) is 15.3. The van der Waals surface area contributed by atoms with Gasteiger partial charge in [0.25, 0.3) is 0 Å². The molecule has 0 amide bonds. The first-order valence-electron chi connectivity index (χ1n) is 8.87. The Morgan fingerprint density at radius 1 is 0.786 bits per heavy atom. The van der Waals surface area contributed by atoms with Crippen LogP contribution in [-0.2, 0) is 12.8 Å². The molecular weight excluding hydrogens is 352 g/mol. The number of rotatable bonds is 5. The molecule has 2 N–H and O–H groups in total. The Morgan fingerprint density at radius 2 is 1.29 bits per heavy atom. The highest BCUT2D eigenvalue weighted by Crippen LogP contribution is 2.18. The first kappa shape index (κ1) is 19.1. The lowest BCUT2D eigenvalue weighted by molar-refractivity contribution is 0.572. The molecule has 0 unspecified atom stereocenters. The van der Waals surface area contributed by atoms with Crippen molar-refractivity contribution in [2.75, 3.05) is 6.54 Å².